The molecule has 1 fully saturated rings. The lowest BCUT2D eigenvalue weighted by atomic mass is 9.95. The van der Waals surface area contributed by atoms with Crippen molar-refractivity contribution in [2.24, 2.45) is 5.92 Å². The number of thiophene rings is 1. The van der Waals surface area contributed by atoms with E-state index in [1.165, 1.54) is 6.07 Å². The summed E-state index contributed by atoms with van der Waals surface area (Å²) in [5.41, 5.74) is 0.762. The van der Waals surface area contributed by atoms with Gasteiger partial charge in [-0.1, -0.05) is 12.1 Å². The molecule has 0 aliphatic carbocycles. The minimum Gasteiger partial charge on any atom is -0.366 e. The Morgan fingerprint density at radius 1 is 1.31 bits per heavy atom. The fourth-order valence-corrected chi connectivity index (χ4v) is 4.85. The van der Waals surface area contributed by atoms with Crippen molar-refractivity contribution in [3.63, 3.8) is 0 Å². The molecule has 0 unspecified atom stereocenters. The molecule has 138 valence electrons. The highest BCUT2D eigenvalue weighted by molar-refractivity contribution is 9.11. The summed E-state index contributed by atoms with van der Waals surface area (Å²) in [7, 11) is 1.84. The van der Waals surface area contributed by atoms with Crippen LogP contribution in [0.3, 0.4) is 0 Å². The van der Waals surface area contributed by atoms with Crippen LogP contribution in [-0.4, -0.2) is 35.9 Å². The van der Waals surface area contributed by atoms with E-state index in [-0.39, 0.29) is 22.4 Å². The summed E-state index contributed by atoms with van der Waals surface area (Å²) < 4.78 is 1.06. The van der Waals surface area contributed by atoms with Crippen molar-refractivity contribution < 1.29 is 9.72 Å². The van der Waals surface area contributed by atoms with E-state index in [0.717, 1.165) is 8.66 Å². The number of halogens is 1. The second-order valence-electron chi connectivity index (χ2n) is 6.41. The lowest BCUT2D eigenvalue weighted by Crippen LogP contribution is -2.41. The zero-order chi connectivity index (χ0) is 18.7. The van der Waals surface area contributed by atoms with Crippen molar-refractivity contribution >= 4 is 44.5 Å². The number of anilines is 1. The van der Waals surface area contributed by atoms with Gasteiger partial charge in [-0.25, -0.2) is 0 Å². The maximum atomic E-state index is 12.7. The first-order chi connectivity index (χ1) is 12.5. The average Bonchev–Trinajstić information content (AvgIpc) is 3.06. The monoisotopic (exact) mass is 437 g/mol. The molecule has 1 aromatic heterocycles. The van der Waals surface area contributed by atoms with Gasteiger partial charge in [0.25, 0.3) is 5.69 Å². The largest absolute Gasteiger partial charge is 0.366 e. The topological polar surface area (TPSA) is 66.7 Å². The summed E-state index contributed by atoms with van der Waals surface area (Å²) in [5, 5.41) is 11.2. The Kier molecular flexibility index (Phi) is 5.93. The maximum absolute atomic E-state index is 12.7. The van der Waals surface area contributed by atoms with E-state index in [4.69, 9.17) is 0 Å². The molecule has 6 nitrogen and oxygen atoms in total. The van der Waals surface area contributed by atoms with Crippen LogP contribution < -0.4 is 4.90 Å². The van der Waals surface area contributed by atoms with Crippen LogP contribution in [0.2, 0.25) is 0 Å². The molecule has 0 bridgehead atoms. The van der Waals surface area contributed by atoms with Crippen molar-refractivity contribution in [2.45, 2.75) is 19.4 Å². The Hall–Kier alpha value is -1.93. The number of piperidine rings is 1. The molecule has 1 aliphatic rings. The van der Waals surface area contributed by atoms with Gasteiger partial charge in [0.15, 0.2) is 0 Å². The maximum Gasteiger partial charge on any atom is 0.292 e. The number of hydrogen-bond acceptors (Lipinski definition) is 5. The van der Waals surface area contributed by atoms with Gasteiger partial charge in [0.1, 0.15) is 5.69 Å². The first kappa shape index (κ1) is 18.8. The predicted molar refractivity (Wildman–Crippen MR) is 107 cm³/mol. The Morgan fingerprint density at radius 2 is 2.00 bits per heavy atom. The van der Waals surface area contributed by atoms with E-state index in [2.05, 4.69) is 15.9 Å². The summed E-state index contributed by atoms with van der Waals surface area (Å²) in [5.74, 6) is 0.124. The lowest BCUT2D eigenvalue weighted by Gasteiger charge is -2.34. The van der Waals surface area contributed by atoms with Crippen molar-refractivity contribution in [1.82, 2.24) is 4.90 Å². The SMILES string of the molecule is CN(Cc1ccc(Br)s1)C(=O)C1CCN(c2ccccc2[N+](=O)[O-])CC1. The van der Waals surface area contributed by atoms with Crippen molar-refractivity contribution in [2.75, 3.05) is 25.0 Å². The Labute approximate surface area is 164 Å². The molecule has 2 aromatic rings. The molecule has 3 rings (SSSR count). The molecule has 26 heavy (non-hydrogen) atoms. The van der Waals surface area contributed by atoms with Crippen LogP contribution in [0.1, 0.15) is 17.7 Å². The van der Waals surface area contributed by atoms with Crippen molar-refractivity contribution in [3.8, 4) is 0 Å². The Morgan fingerprint density at radius 3 is 2.62 bits per heavy atom. The molecule has 0 atom stereocenters. The van der Waals surface area contributed by atoms with Crippen molar-refractivity contribution in [1.29, 1.82) is 0 Å². The third-order valence-electron chi connectivity index (χ3n) is 4.66. The molecule has 1 aliphatic heterocycles. The summed E-state index contributed by atoms with van der Waals surface area (Å²) in [6, 6.07) is 10.8. The fraction of sp³-hybridized carbons (Fsp3) is 0.389. The molecule has 2 heterocycles. The van der Waals surface area contributed by atoms with Crippen LogP contribution in [0.15, 0.2) is 40.2 Å². The van der Waals surface area contributed by atoms with Crippen LogP contribution in [0.25, 0.3) is 0 Å². The number of benzene rings is 1. The van der Waals surface area contributed by atoms with Gasteiger partial charge >= 0.3 is 0 Å². The number of nitrogens with zero attached hydrogens (tertiary/aromatic N) is 3. The Bertz CT molecular complexity index is 802. The molecule has 1 saturated heterocycles. The van der Waals surface area contributed by atoms with E-state index in [1.807, 2.05) is 30.1 Å². The molecule has 1 amide bonds. The summed E-state index contributed by atoms with van der Waals surface area (Å²) in [4.78, 5) is 28.5. The van der Waals surface area contributed by atoms with Gasteiger partial charge in [-0.2, -0.15) is 0 Å². The number of amides is 1. The molecule has 1 aromatic carbocycles. The number of nitro benzene ring substituents is 1. The quantitative estimate of drug-likeness (QED) is 0.516. The third kappa shape index (κ3) is 4.24. The Balaban J connectivity index is 1.59. The normalized spacial score (nSPS) is 15.1. The first-order valence-electron chi connectivity index (χ1n) is 8.43. The molecule has 0 spiro atoms. The number of carbonyl (C=O) groups is 1. The second-order valence-corrected chi connectivity index (χ2v) is 8.95. The van der Waals surface area contributed by atoms with Gasteiger partial charge in [0.2, 0.25) is 5.91 Å². The van der Waals surface area contributed by atoms with Crippen molar-refractivity contribution in [3.05, 3.63) is 55.2 Å². The lowest BCUT2D eigenvalue weighted by molar-refractivity contribution is -0.384. The molecule has 8 heteroatoms. The minimum absolute atomic E-state index is 0.0255. The molecule has 0 saturated carbocycles. The molecule has 0 radical (unpaired) electrons. The highest BCUT2D eigenvalue weighted by Crippen LogP contribution is 2.32. The van der Waals surface area contributed by atoms with E-state index < -0.39 is 0 Å². The smallest absolute Gasteiger partial charge is 0.292 e. The molecular weight excluding hydrogens is 418 g/mol. The van der Waals surface area contributed by atoms with Crippen LogP contribution in [0.4, 0.5) is 11.4 Å². The predicted octanol–water partition coefficient (Wildman–Crippen LogP) is 4.29. The van der Waals surface area contributed by atoms with Gasteiger partial charge < -0.3 is 9.80 Å². The van der Waals surface area contributed by atoms with Gasteiger partial charge in [0.05, 0.1) is 15.3 Å². The third-order valence-corrected chi connectivity index (χ3v) is 6.27. The van der Waals surface area contributed by atoms with Gasteiger partial charge in [-0.3, -0.25) is 14.9 Å². The first-order valence-corrected chi connectivity index (χ1v) is 10.0. The van der Waals surface area contributed by atoms with E-state index in [9.17, 15) is 14.9 Å². The molecule has 0 N–H and O–H groups in total. The number of hydrogen-bond donors (Lipinski definition) is 0. The molecular formula is C18H20BrN3O3S. The van der Waals surface area contributed by atoms with Crippen LogP contribution >= 0.6 is 27.3 Å². The van der Waals surface area contributed by atoms with Crippen LogP contribution in [-0.2, 0) is 11.3 Å². The van der Waals surface area contributed by atoms with E-state index in [1.54, 1.807) is 28.4 Å². The number of para-hydroxylation sites is 2. The fourth-order valence-electron chi connectivity index (χ4n) is 3.31. The highest BCUT2D eigenvalue weighted by Gasteiger charge is 2.29. The summed E-state index contributed by atoms with van der Waals surface area (Å²) in [6.45, 7) is 1.92. The highest BCUT2D eigenvalue weighted by atomic mass is 79.9. The number of nitro groups is 1. The average molecular weight is 438 g/mol. The zero-order valence-electron chi connectivity index (χ0n) is 14.4. The number of rotatable bonds is 5. The second kappa shape index (κ2) is 8.18. The summed E-state index contributed by atoms with van der Waals surface area (Å²) in [6.07, 6.45) is 1.42. The van der Waals surface area contributed by atoms with Crippen LogP contribution in [0.5, 0.6) is 0 Å². The van der Waals surface area contributed by atoms with Crippen LogP contribution in [0, 0.1) is 16.0 Å². The van der Waals surface area contributed by atoms with E-state index in [0.29, 0.717) is 38.2 Å². The van der Waals surface area contributed by atoms with Gasteiger partial charge in [-0.05, 0) is 47.0 Å². The van der Waals surface area contributed by atoms with Gasteiger partial charge in [-0.15, -0.1) is 11.3 Å². The van der Waals surface area contributed by atoms with E-state index >= 15 is 0 Å². The zero-order valence-corrected chi connectivity index (χ0v) is 16.8. The summed E-state index contributed by atoms with van der Waals surface area (Å²) >= 11 is 5.07. The standard InChI is InChI=1S/C18H20BrN3O3S/c1-20(12-14-6-7-17(19)26-14)18(23)13-8-10-21(11-9-13)15-4-2-3-5-16(15)22(24)25/h2-7,13H,8-12H2,1H3. The minimum atomic E-state index is -0.348. The van der Waals surface area contributed by atoms with Gasteiger partial charge in [0, 0.05) is 37.0 Å². The number of carbonyl (C=O) groups excluding carboxylic acids is 1.